The van der Waals surface area contributed by atoms with Gasteiger partial charge in [0.25, 0.3) is 0 Å². The number of unbranched alkanes of at least 4 members (excludes halogenated alkanes) is 1. The van der Waals surface area contributed by atoms with Gasteiger partial charge in [-0.25, -0.2) is 14.8 Å². The minimum absolute atomic E-state index is 0.00243. The quantitative estimate of drug-likeness (QED) is 0.782. The highest BCUT2D eigenvalue weighted by atomic mass is 19.4. The van der Waals surface area contributed by atoms with Crippen LogP contribution < -0.4 is 5.32 Å². The Morgan fingerprint density at radius 1 is 1.42 bits per heavy atom. The fourth-order valence-electron chi connectivity index (χ4n) is 1.41. The lowest BCUT2D eigenvalue weighted by atomic mass is 10.2. The van der Waals surface area contributed by atoms with Crippen molar-refractivity contribution in [2.75, 3.05) is 11.9 Å². The highest BCUT2D eigenvalue weighted by Crippen LogP contribution is 2.22. The van der Waals surface area contributed by atoms with Crippen LogP contribution in [0.25, 0.3) is 0 Å². The van der Waals surface area contributed by atoms with Crippen LogP contribution in [0.5, 0.6) is 0 Å². The first-order valence-electron chi connectivity index (χ1n) is 5.67. The maximum Gasteiger partial charge on any atom is 0.389 e. The summed E-state index contributed by atoms with van der Waals surface area (Å²) < 4.78 is 35.6. The molecule has 0 saturated heterocycles. The Hall–Kier alpha value is -1.86. The number of nitrogens with zero attached hydrogens (tertiary/aromatic N) is 2. The highest BCUT2D eigenvalue weighted by Gasteiger charge is 2.25. The molecule has 0 radical (unpaired) electrons. The van der Waals surface area contributed by atoms with Crippen LogP contribution in [0.15, 0.2) is 6.20 Å². The number of aromatic nitrogens is 2. The van der Waals surface area contributed by atoms with Gasteiger partial charge in [0.05, 0.1) is 11.3 Å². The SMILES string of the molecule is Cc1nc(NCCCCC(F)(F)F)ncc1C(=O)O. The van der Waals surface area contributed by atoms with Gasteiger partial charge < -0.3 is 10.4 Å². The summed E-state index contributed by atoms with van der Waals surface area (Å²) in [7, 11) is 0. The lowest BCUT2D eigenvalue weighted by Gasteiger charge is -2.08. The summed E-state index contributed by atoms with van der Waals surface area (Å²) >= 11 is 0. The van der Waals surface area contributed by atoms with Crippen molar-refractivity contribution in [2.45, 2.75) is 32.4 Å². The van der Waals surface area contributed by atoms with Gasteiger partial charge in [-0.05, 0) is 19.8 Å². The van der Waals surface area contributed by atoms with Crippen molar-refractivity contribution in [3.63, 3.8) is 0 Å². The Morgan fingerprint density at radius 3 is 2.63 bits per heavy atom. The molecule has 0 aliphatic carbocycles. The fourth-order valence-corrected chi connectivity index (χ4v) is 1.41. The largest absolute Gasteiger partial charge is 0.478 e. The molecule has 106 valence electrons. The smallest absolute Gasteiger partial charge is 0.389 e. The Morgan fingerprint density at radius 2 is 2.11 bits per heavy atom. The fraction of sp³-hybridized carbons (Fsp3) is 0.545. The minimum atomic E-state index is -4.13. The third kappa shape index (κ3) is 5.54. The number of rotatable bonds is 6. The molecule has 0 aliphatic rings. The number of halogens is 3. The van der Waals surface area contributed by atoms with Crippen molar-refractivity contribution in [3.8, 4) is 0 Å². The Bertz CT molecular complexity index is 449. The van der Waals surface area contributed by atoms with Gasteiger partial charge in [-0.1, -0.05) is 0 Å². The number of carbonyl (C=O) groups is 1. The number of nitrogens with one attached hydrogen (secondary N) is 1. The van der Waals surface area contributed by atoms with Crippen molar-refractivity contribution in [3.05, 3.63) is 17.5 Å². The second kappa shape index (κ2) is 6.35. The average molecular weight is 277 g/mol. The molecule has 1 heterocycles. The molecular formula is C11H14F3N3O2. The number of hydrogen-bond acceptors (Lipinski definition) is 4. The number of hydrogen-bond donors (Lipinski definition) is 2. The highest BCUT2D eigenvalue weighted by molar-refractivity contribution is 5.88. The summed E-state index contributed by atoms with van der Waals surface area (Å²) in [4.78, 5) is 18.4. The van der Waals surface area contributed by atoms with Gasteiger partial charge in [-0.2, -0.15) is 13.2 Å². The molecule has 0 aromatic carbocycles. The molecule has 0 atom stereocenters. The van der Waals surface area contributed by atoms with Crippen LogP contribution in [0.1, 0.15) is 35.3 Å². The number of alkyl halides is 3. The van der Waals surface area contributed by atoms with E-state index in [1.165, 1.54) is 13.1 Å². The van der Waals surface area contributed by atoms with Crippen LogP contribution in [0.2, 0.25) is 0 Å². The van der Waals surface area contributed by atoms with Gasteiger partial charge in [0.15, 0.2) is 0 Å². The third-order valence-electron chi connectivity index (χ3n) is 2.38. The topological polar surface area (TPSA) is 75.1 Å². The first kappa shape index (κ1) is 15.2. The zero-order valence-electron chi connectivity index (χ0n) is 10.3. The van der Waals surface area contributed by atoms with Crippen LogP contribution in [0, 0.1) is 6.92 Å². The third-order valence-corrected chi connectivity index (χ3v) is 2.38. The van der Waals surface area contributed by atoms with Crippen LogP contribution in [0.4, 0.5) is 19.1 Å². The van der Waals surface area contributed by atoms with E-state index in [4.69, 9.17) is 5.11 Å². The molecule has 0 amide bonds. The number of aromatic carboxylic acids is 1. The summed E-state index contributed by atoms with van der Waals surface area (Å²) in [5.74, 6) is -0.899. The number of aryl methyl sites for hydroxylation is 1. The molecule has 0 spiro atoms. The summed E-state index contributed by atoms with van der Waals surface area (Å²) in [6, 6.07) is 0. The van der Waals surface area contributed by atoms with E-state index in [9.17, 15) is 18.0 Å². The van der Waals surface area contributed by atoms with E-state index in [0.29, 0.717) is 18.7 Å². The second-order valence-corrected chi connectivity index (χ2v) is 4.00. The van der Waals surface area contributed by atoms with E-state index in [2.05, 4.69) is 15.3 Å². The number of anilines is 1. The van der Waals surface area contributed by atoms with E-state index in [0.717, 1.165) is 0 Å². The number of carboxylic acid groups (broad SMARTS) is 1. The van der Waals surface area contributed by atoms with Gasteiger partial charge in [0.1, 0.15) is 0 Å². The van der Waals surface area contributed by atoms with Gasteiger partial charge in [-0.3, -0.25) is 0 Å². The van der Waals surface area contributed by atoms with Gasteiger partial charge in [0, 0.05) is 19.2 Å². The minimum Gasteiger partial charge on any atom is -0.478 e. The lowest BCUT2D eigenvalue weighted by molar-refractivity contribution is -0.135. The van der Waals surface area contributed by atoms with Crippen molar-refractivity contribution in [1.29, 1.82) is 0 Å². The summed E-state index contributed by atoms with van der Waals surface area (Å²) in [5.41, 5.74) is 0.308. The monoisotopic (exact) mass is 277 g/mol. The lowest BCUT2D eigenvalue weighted by Crippen LogP contribution is -2.11. The first-order chi connectivity index (χ1) is 8.79. The molecule has 1 aromatic heterocycles. The van der Waals surface area contributed by atoms with Crippen LogP contribution in [0.3, 0.4) is 0 Å². The molecule has 0 bridgehead atoms. The maximum atomic E-state index is 11.9. The van der Waals surface area contributed by atoms with Crippen molar-refractivity contribution in [2.24, 2.45) is 0 Å². The van der Waals surface area contributed by atoms with E-state index >= 15 is 0 Å². The Kier molecular flexibility index (Phi) is 5.08. The first-order valence-corrected chi connectivity index (χ1v) is 5.67. The van der Waals surface area contributed by atoms with E-state index in [1.807, 2.05) is 0 Å². The van der Waals surface area contributed by atoms with Crippen LogP contribution >= 0.6 is 0 Å². The molecule has 19 heavy (non-hydrogen) atoms. The zero-order chi connectivity index (χ0) is 14.5. The molecule has 0 unspecified atom stereocenters. The number of carboxylic acids is 1. The van der Waals surface area contributed by atoms with Crippen LogP contribution in [-0.2, 0) is 0 Å². The predicted octanol–water partition coefficient (Wildman–Crippen LogP) is 2.63. The molecule has 0 fully saturated rings. The summed E-state index contributed by atoms with van der Waals surface area (Å²) in [5, 5.41) is 11.5. The molecule has 0 aliphatic heterocycles. The van der Waals surface area contributed by atoms with Crippen molar-refractivity contribution in [1.82, 2.24) is 9.97 Å². The Labute approximate surface area is 107 Å². The van der Waals surface area contributed by atoms with Gasteiger partial charge in [0.2, 0.25) is 5.95 Å². The molecule has 8 heteroatoms. The molecule has 5 nitrogen and oxygen atoms in total. The standard InChI is InChI=1S/C11H14F3N3O2/c1-7-8(9(18)19)6-16-10(17-7)15-5-3-2-4-11(12,13)14/h6H,2-5H2,1H3,(H,18,19)(H,15,16,17). The Balaban J connectivity index is 2.38. The summed E-state index contributed by atoms with van der Waals surface area (Å²) in [6.45, 7) is 1.84. The molecular weight excluding hydrogens is 263 g/mol. The van der Waals surface area contributed by atoms with Gasteiger partial charge >= 0.3 is 12.1 Å². The van der Waals surface area contributed by atoms with Crippen LogP contribution in [-0.4, -0.2) is 33.8 Å². The van der Waals surface area contributed by atoms with E-state index in [1.54, 1.807) is 0 Å². The average Bonchev–Trinajstić information content (AvgIpc) is 2.26. The van der Waals surface area contributed by atoms with Crippen molar-refractivity contribution >= 4 is 11.9 Å². The maximum absolute atomic E-state index is 11.9. The predicted molar refractivity (Wildman–Crippen MR) is 62.1 cm³/mol. The zero-order valence-corrected chi connectivity index (χ0v) is 10.3. The molecule has 1 aromatic rings. The van der Waals surface area contributed by atoms with Gasteiger partial charge in [-0.15, -0.1) is 0 Å². The summed E-state index contributed by atoms with van der Waals surface area (Å²) in [6.07, 6.45) is -3.41. The van der Waals surface area contributed by atoms with E-state index < -0.39 is 18.6 Å². The van der Waals surface area contributed by atoms with Crippen molar-refractivity contribution < 1.29 is 23.1 Å². The molecule has 1 rings (SSSR count). The molecule has 0 saturated carbocycles. The molecule has 2 N–H and O–H groups in total. The normalized spacial score (nSPS) is 11.4. The van der Waals surface area contributed by atoms with E-state index in [-0.39, 0.29) is 17.9 Å². The second-order valence-electron chi connectivity index (χ2n) is 4.00.